The Bertz CT molecular complexity index is 909. The zero-order chi connectivity index (χ0) is 22.8. The normalized spacial score (nSPS) is 16.9. The Hall–Kier alpha value is -3.09. The third-order valence-electron chi connectivity index (χ3n) is 5.40. The van der Waals surface area contributed by atoms with Crippen molar-refractivity contribution < 1.29 is 23.7 Å². The maximum absolute atomic E-state index is 12.0. The molecule has 0 aliphatic carbocycles. The van der Waals surface area contributed by atoms with Crippen molar-refractivity contribution in [1.82, 2.24) is 10.6 Å². The number of rotatable bonds is 8. The molecule has 2 aliphatic rings. The molecule has 0 bridgehead atoms. The summed E-state index contributed by atoms with van der Waals surface area (Å²) in [5, 5.41) is 5.58. The summed E-state index contributed by atoms with van der Waals surface area (Å²) in [5.41, 5.74) is 1.86. The zero-order valence-electron chi connectivity index (χ0n) is 19.2. The molecule has 172 valence electrons. The van der Waals surface area contributed by atoms with Gasteiger partial charge in [-0.25, -0.2) is 4.79 Å². The van der Waals surface area contributed by atoms with E-state index in [0.717, 1.165) is 35.5 Å². The number of fused-ring (bicyclic) bond motifs is 2. The van der Waals surface area contributed by atoms with E-state index in [2.05, 4.69) is 50.5 Å². The average Bonchev–Trinajstić information content (AvgIpc) is 3.22. The predicted molar refractivity (Wildman–Crippen MR) is 122 cm³/mol. The molecule has 0 spiro atoms. The van der Waals surface area contributed by atoms with E-state index in [-0.39, 0.29) is 17.2 Å². The number of amides is 2. The lowest BCUT2D eigenvalue weighted by Gasteiger charge is -2.18. The summed E-state index contributed by atoms with van der Waals surface area (Å²) in [4.78, 5) is 12.0. The van der Waals surface area contributed by atoms with Crippen LogP contribution in [0, 0.1) is 0 Å². The van der Waals surface area contributed by atoms with Gasteiger partial charge in [-0.3, -0.25) is 0 Å². The fraction of sp³-hybridized carbons (Fsp3) is 0.480. The van der Waals surface area contributed by atoms with Crippen LogP contribution in [0.25, 0.3) is 0 Å². The van der Waals surface area contributed by atoms with Crippen molar-refractivity contribution in [2.45, 2.75) is 51.7 Å². The second kappa shape index (κ2) is 8.81. The number of hydrogen-bond acceptors (Lipinski definition) is 5. The lowest BCUT2D eigenvalue weighted by atomic mass is 10.0. The second-order valence-corrected chi connectivity index (χ2v) is 9.45. The van der Waals surface area contributed by atoms with E-state index in [1.807, 2.05) is 24.3 Å². The van der Waals surface area contributed by atoms with E-state index < -0.39 is 0 Å². The molecule has 2 amide bonds. The van der Waals surface area contributed by atoms with Crippen LogP contribution >= 0.6 is 0 Å². The molecule has 2 aromatic carbocycles. The van der Waals surface area contributed by atoms with Crippen LogP contribution < -0.4 is 29.6 Å². The second-order valence-electron chi connectivity index (χ2n) is 9.45. The number of benzene rings is 2. The smallest absolute Gasteiger partial charge is 0.315 e. The lowest BCUT2D eigenvalue weighted by Crippen LogP contribution is -2.39. The lowest BCUT2D eigenvalue weighted by molar-refractivity contribution is 0.132. The third kappa shape index (κ3) is 5.21. The highest BCUT2D eigenvalue weighted by Crippen LogP contribution is 2.42. The first-order valence-electron chi connectivity index (χ1n) is 11.1. The van der Waals surface area contributed by atoms with Gasteiger partial charge < -0.3 is 29.6 Å². The Morgan fingerprint density at radius 2 is 1.25 bits per heavy atom. The molecule has 0 saturated heterocycles. The molecule has 0 fully saturated rings. The summed E-state index contributed by atoms with van der Waals surface area (Å²) >= 11 is 0. The first-order chi connectivity index (χ1) is 15.2. The first kappa shape index (κ1) is 22.1. The van der Waals surface area contributed by atoms with E-state index in [1.165, 1.54) is 0 Å². The van der Waals surface area contributed by atoms with Gasteiger partial charge >= 0.3 is 6.03 Å². The number of nitrogens with one attached hydrogen (secondary N) is 2. The van der Waals surface area contributed by atoms with Gasteiger partial charge in [0.2, 0.25) is 0 Å². The number of urea groups is 1. The number of carbonyl (C=O) groups is 1. The van der Waals surface area contributed by atoms with Crippen LogP contribution in [0.2, 0.25) is 0 Å². The van der Waals surface area contributed by atoms with Crippen LogP contribution in [0.1, 0.15) is 38.8 Å². The summed E-state index contributed by atoms with van der Waals surface area (Å²) in [6.45, 7) is 9.72. The molecule has 0 saturated carbocycles. The van der Waals surface area contributed by atoms with Gasteiger partial charge in [0.15, 0.2) is 23.0 Å². The number of para-hydroxylation sites is 2. The minimum absolute atomic E-state index is 0.218. The highest BCUT2D eigenvalue weighted by Gasteiger charge is 2.33. The van der Waals surface area contributed by atoms with Crippen LogP contribution in [0.4, 0.5) is 4.79 Å². The van der Waals surface area contributed by atoms with Gasteiger partial charge in [-0.15, -0.1) is 0 Å². The van der Waals surface area contributed by atoms with Crippen LogP contribution in [-0.4, -0.2) is 43.5 Å². The minimum atomic E-state index is -0.261. The van der Waals surface area contributed by atoms with E-state index >= 15 is 0 Å². The van der Waals surface area contributed by atoms with Crippen molar-refractivity contribution in [3.8, 4) is 23.0 Å². The highest BCUT2D eigenvalue weighted by molar-refractivity contribution is 5.73. The molecule has 2 aromatic rings. The summed E-state index contributed by atoms with van der Waals surface area (Å²) in [6.07, 6.45) is 1.72. The van der Waals surface area contributed by atoms with Crippen LogP contribution in [0.3, 0.4) is 0 Å². The Kier molecular flexibility index (Phi) is 6.09. The Morgan fingerprint density at radius 1 is 0.812 bits per heavy atom. The quantitative estimate of drug-likeness (QED) is 0.610. The molecule has 0 aromatic heterocycles. The Balaban J connectivity index is 1.14. The minimum Gasteiger partial charge on any atom is -0.488 e. The molecule has 2 aliphatic heterocycles. The van der Waals surface area contributed by atoms with Gasteiger partial charge in [0.1, 0.15) is 24.4 Å². The standard InChI is InChI=1S/C25H32N2O5/c1-24(2)15-17-7-5-9-19(21(17)31-24)29-13-11-26-23(28)27-12-14-30-20-10-6-8-18-16-25(3,4)32-22(18)20/h5-10H,11-16H2,1-4H3,(H2,26,27,28). The Morgan fingerprint density at radius 3 is 1.69 bits per heavy atom. The molecular weight excluding hydrogens is 408 g/mol. The molecule has 0 radical (unpaired) electrons. The maximum atomic E-state index is 12.0. The van der Waals surface area contributed by atoms with Crippen molar-refractivity contribution in [2.24, 2.45) is 0 Å². The summed E-state index contributed by atoms with van der Waals surface area (Å²) in [6, 6.07) is 11.6. The maximum Gasteiger partial charge on any atom is 0.315 e. The van der Waals surface area contributed by atoms with Gasteiger partial charge in [-0.05, 0) is 39.8 Å². The average molecular weight is 441 g/mol. The van der Waals surface area contributed by atoms with Crippen LogP contribution in [0.15, 0.2) is 36.4 Å². The highest BCUT2D eigenvalue weighted by atomic mass is 16.5. The van der Waals surface area contributed by atoms with Crippen molar-refractivity contribution in [3.63, 3.8) is 0 Å². The topological polar surface area (TPSA) is 78.1 Å². The molecule has 32 heavy (non-hydrogen) atoms. The van der Waals surface area contributed by atoms with Crippen molar-refractivity contribution >= 4 is 6.03 Å². The van der Waals surface area contributed by atoms with E-state index in [4.69, 9.17) is 18.9 Å². The molecular formula is C25H32N2O5. The number of ether oxygens (including phenoxy) is 4. The molecule has 4 rings (SSSR count). The van der Waals surface area contributed by atoms with Crippen molar-refractivity contribution in [3.05, 3.63) is 47.5 Å². The third-order valence-corrected chi connectivity index (χ3v) is 5.40. The molecule has 0 unspecified atom stereocenters. The molecule has 7 heteroatoms. The SMILES string of the molecule is CC1(C)Cc2cccc(OCCNC(=O)NCCOc3cccc4c3OC(C)(C)C4)c2O1. The predicted octanol–water partition coefficient (Wildman–Crippen LogP) is 3.87. The van der Waals surface area contributed by atoms with E-state index in [0.29, 0.717) is 37.8 Å². The fourth-order valence-corrected chi connectivity index (χ4v) is 4.12. The van der Waals surface area contributed by atoms with Crippen LogP contribution in [0.5, 0.6) is 23.0 Å². The summed E-state index contributed by atoms with van der Waals surface area (Å²) in [7, 11) is 0. The summed E-state index contributed by atoms with van der Waals surface area (Å²) < 4.78 is 23.7. The van der Waals surface area contributed by atoms with Gasteiger partial charge in [0.25, 0.3) is 0 Å². The van der Waals surface area contributed by atoms with Gasteiger partial charge in [-0.1, -0.05) is 24.3 Å². The fourth-order valence-electron chi connectivity index (χ4n) is 4.12. The van der Waals surface area contributed by atoms with Crippen LogP contribution in [-0.2, 0) is 12.8 Å². The van der Waals surface area contributed by atoms with Gasteiger partial charge in [0, 0.05) is 24.0 Å². The largest absolute Gasteiger partial charge is 0.488 e. The van der Waals surface area contributed by atoms with Gasteiger partial charge in [0.05, 0.1) is 13.1 Å². The van der Waals surface area contributed by atoms with E-state index in [1.54, 1.807) is 0 Å². The molecule has 2 N–H and O–H groups in total. The van der Waals surface area contributed by atoms with Crippen molar-refractivity contribution in [2.75, 3.05) is 26.3 Å². The summed E-state index contributed by atoms with van der Waals surface area (Å²) in [5.74, 6) is 3.03. The van der Waals surface area contributed by atoms with E-state index in [9.17, 15) is 4.79 Å². The first-order valence-corrected chi connectivity index (χ1v) is 11.1. The Labute approximate surface area is 189 Å². The van der Waals surface area contributed by atoms with Crippen molar-refractivity contribution in [1.29, 1.82) is 0 Å². The van der Waals surface area contributed by atoms with Gasteiger partial charge in [-0.2, -0.15) is 0 Å². The molecule has 7 nitrogen and oxygen atoms in total. The monoisotopic (exact) mass is 440 g/mol. The number of hydrogen-bond donors (Lipinski definition) is 2. The molecule has 0 atom stereocenters. The number of carbonyl (C=O) groups excluding carboxylic acids is 1. The zero-order valence-corrected chi connectivity index (χ0v) is 19.2. The molecule has 2 heterocycles.